The van der Waals surface area contributed by atoms with Gasteiger partial charge in [0.05, 0.1) is 6.42 Å². The summed E-state index contributed by atoms with van der Waals surface area (Å²) in [6.45, 7) is 0.817. The Kier molecular flexibility index (Phi) is 8.84. The maximum Gasteiger partial charge on any atom is 0.341 e. The lowest BCUT2D eigenvalue weighted by Gasteiger charge is -2.19. The van der Waals surface area contributed by atoms with E-state index in [1.54, 1.807) is 0 Å². The minimum Gasteiger partial charge on any atom is -0.482 e. The van der Waals surface area contributed by atoms with E-state index in [1.165, 1.54) is 31.2 Å². The predicted octanol–water partition coefficient (Wildman–Crippen LogP) is 1.29. The molecule has 0 fully saturated rings. The molecule has 4 N–H and O–H groups in total. The number of hydrogen-bond acceptors (Lipinski definition) is 5. The first kappa shape index (κ1) is 25.2. The average molecular weight is 464 g/mol. The zero-order chi connectivity index (χ0) is 24.5. The van der Waals surface area contributed by atoms with E-state index in [0.29, 0.717) is 11.6 Å². The van der Waals surface area contributed by atoms with Crippen molar-refractivity contribution < 1.29 is 42.9 Å². The number of benzene rings is 2. The van der Waals surface area contributed by atoms with Crippen LogP contribution in [-0.4, -0.2) is 52.7 Å². The van der Waals surface area contributed by atoms with Crippen LogP contribution in [-0.2, 0) is 32.0 Å². The Morgan fingerprint density at radius 3 is 2.09 bits per heavy atom. The molecule has 0 saturated carbocycles. The second-order valence-corrected chi connectivity index (χ2v) is 7.17. The van der Waals surface area contributed by atoms with E-state index >= 15 is 0 Å². The fourth-order valence-corrected chi connectivity index (χ4v) is 2.86. The van der Waals surface area contributed by atoms with Crippen LogP contribution in [0.5, 0.6) is 5.75 Å². The third-order valence-electron chi connectivity index (χ3n) is 4.40. The van der Waals surface area contributed by atoms with Gasteiger partial charge in [-0.3, -0.25) is 9.59 Å². The molecule has 0 radical (unpaired) electrons. The van der Waals surface area contributed by atoms with Gasteiger partial charge in [-0.25, -0.2) is 18.4 Å². The first-order valence-electron chi connectivity index (χ1n) is 9.74. The summed E-state index contributed by atoms with van der Waals surface area (Å²) in [5.74, 6) is -5.27. The molecule has 0 spiro atoms. The topological polar surface area (TPSA) is 142 Å². The molecule has 0 unspecified atom stereocenters. The second-order valence-electron chi connectivity index (χ2n) is 7.17. The van der Waals surface area contributed by atoms with Crippen molar-refractivity contribution in [2.45, 2.75) is 31.8 Å². The van der Waals surface area contributed by atoms with Crippen molar-refractivity contribution in [3.63, 3.8) is 0 Å². The Balaban J connectivity index is 1.92. The maximum absolute atomic E-state index is 13.2. The minimum atomic E-state index is -1.31. The molecule has 0 aliphatic carbocycles. The van der Waals surface area contributed by atoms with Gasteiger partial charge < -0.3 is 25.6 Å². The van der Waals surface area contributed by atoms with E-state index in [4.69, 9.17) is 9.84 Å². The number of carboxylic acids is 2. The Bertz CT molecular complexity index is 1010. The molecule has 2 aromatic carbocycles. The Morgan fingerprint density at radius 1 is 0.939 bits per heavy atom. The van der Waals surface area contributed by atoms with Crippen LogP contribution in [0.2, 0.25) is 0 Å². The van der Waals surface area contributed by atoms with Gasteiger partial charge in [-0.15, -0.1) is 0 Å². The zero-order valence-electron chi connectivity index (χ0n) is 17.5. The van der Waals surface area contributed by atoms with Gasteiger partial charge in [-0.05, 0) is 42.3 Å². The normalized spacial score (nSPS) is 12.3. The summed E-state index contributed by atoms with van der Waals surface area (Å²) in [4.78, 5) is 46.5. The summed E-state index contributed by atoms with van der Waals surface area (Å²) in [5, 5.41) is 22.7. The number of carbonyl (C=O) groups excluding carboxylic acids is 2. The van der Waals surface area contributed by atoms with Crippen LogP contribution < -0.4 is 15.4 Å². The molecule has 2 rings (SSSR count). The molecule has 0 bridgehead atoms. The van der Waals surface area contributed by atoms with Gasteiger partial charge in [-0.2, -0.15) is 0 Å². The number of aliphatic carboxylic acids is 2. The molecule has 11 heteroatoms. The predicted molar refractivity (Wildman–Crippen MR) is 111 cm³/mol. The zero-order valence-corrected chi connectivity index (χ0v) is 17.5. The van der Waals surface area contributed by atoms with Crippen molar-refractivity contribution in [3.8, 4) is 5.75 Å². The van der Waals surface area contributed by atoms with Crippen LogP contribution in [0.25, 0.3) is 0 Å². The molecular formula is C22H22F2N2O7. The lowest BCUT2D eigenvalue weighted by molar-refractivity contribution is -0.142. The van der Waals surface area contributed by atoms with Crippen molar-refractivity contribution in [2.75, 3.05) is 6.61 Å². The van der Waals surface area contributed by atoms with Gasteiger partial charge in [0.1, 0.15) is 29.5 Å². The number of carbonyl (C=O) groups is 4. The fraction of sp³-hybridized carbons (Fsp3) is 0.273. The van der Waals surface area contributed by atoms with Gasteiger partial charge in [0.15, 0.2) is 6.61 Å². The van der Waals surface area contributed by atoms with E-state index in [0.717, 1.165) is 12.1 Å². The van der Waals surface area contributed by atoms with E-state index in [2.05, 4.69) is 10.6 Å². The lowest BCUT2D eigenvalue weighted by atomic mass is 10.1. The van der Waals surface area contributed by atoms with Crippen molar-refractivity contribution in [2.24, 2.45) is 0 Å². The van der Waals surface area contributed by atoms with Gasteiger partial charge >= 0.3 is 11.9 Å². The quantitative estimate of drug-likeness (QED) is 0.393. The molecule has 0 aromatic heterocycles. The van der Waals surface area contributed by atoms with Gasteiger partial charge in [-0.1, -0.05) is 12.1 Å². The van der Waals surface area contributed by atoms with Crippen LogP contribution in [0.15, 0.2) is 42.5 Å². The SMILES string of the molecule is C[C@H](NC(=O)Cc1cc(F)cc(F)c1)C(=O)N[C@@H](Cc1ccc(OCC(=O)O)cc1)C(=O)O. The summed E-state index contributed by atoms with van der Waals surface area (Å²) < 4.78 is 31.5. The van der Waals surface area contributed by atoms with Crippen molar-refractivity contribution in [1.82, 2.24) is 10.6 Å². The van der Waals surface area contributed by atoms with Crippen LogP contribution >= 0.6 is 0 Å². The van der Waals surface area contributed by atoms with Crippen molar-refractivity contribution in [1.29, 1.82) is 0 Å². The minimum absolute atomic E-state index is 0.0798. The number of ether oxygens (including phenoxy) is 1. The Hall–Kier alpha value is -4.02. The van der Waals surface area contributed by atoms with Gasteiger partial charge in [0.2, 0.25) is 11.8 Å². The van der Waals surface area contributed by atoms with E-state index in [1.807, 2.05) is 0 Å². The molecular weight excluding hydrogens is 442 g/mol. The van der Waals surface area contributed by atoms with Gasteiger partial charge in [0, 0.05) is 12.5 Å². The summed E-state index contributed by atoms with van der Waals surface area (Å²) >= 11 is 0. The number of halogens is 2. The third-order valence-corrected chi connectivity index (χ3v) is 4.40. The first-order chi connectivity index (χ1) is 15.5. The highest BCUT2D eigenvalue weighted by molar-refractivity contribution is 5.90. The van der Waals surface area contributed by atoms with Crippen LogP contribution in [0.4, 0.5) is 8.78 Å². The van der Waals surface area contributed by atoms with E-state index in [9.17, 15) is 33.1 Å². The van der Waals surface area contributed by atoms with Crippen LogP contribution in [0.1, 0.15) is 18.1 Å². The summed E-state index contributed by atoms with van der Waals surface area (Å²) in [6.07, 6.45) is -0.450. The highest BCUT2D eigenvalue weighted by Crippen LogP contribution is 2.14. The second kappa shape index (κ2) is 11.6. The van der Waals surface area contributed by atoms with Crippen molar-refractivity contribution in [3.05, 3.63) is 65.2 Å². The molecule has 2 aromatic rings. The molecule has 9 nitrogen and oxygen atoms in total. The number of amides is 2. The molecule has 0 aliphatic rings. The lowest BCUT2D eigenvalue weighted by Crippen LogP contribution is -2.51. The highest BCUT2D eigenvalue weighted by Gasteiger charge is 2.24. The van der Waals surface area contributed by atoms with E-state index in [-0.39, 0.29) is 24.2 Å². The number of rotatable bonds is 11. The smallest absolute Gasteiger partial charge is 0.341 e. The first-order valence-corrected chi connectivity index (χ1v) is 9.74. The molecule has 2 atom stereocenters. The summed E-state index contributed by atoms with van der Waals surface area (Å²) in [6, 6.07) is 6.24. The Labute approximate surface area is 187 Å². The molecule has 0 saturated heterocycles. The highest BCUT2D eigenvalue weighted by atomic mass is 19.1. The maximum atomic E-state index is 13.2. The van der Waals surface area contributed by atoms with E-state index < -0.39 is 54.1 Å². The number of hydrogen-bond donors (Lipinski definition) is 4. The standard InChI is InChI=1S/C22H22F2N2O7/c1-12(25-19(27)9-14-6-15(23)10-16(24)7-14)21(30)26-18(22(31)32)8-13-2-4-17(5-3-13)33-11-20(28)29/h2-7,10,12,18H,8-9,11H2,1H3,(H,25,27)(H,26,30)(H,28,29)(H,31,32)/t12-,18-/m0/s1. The fourth-order valence-electron chi connectivity index (χ4n) is 2.86. The van der Waals surface area contributed by atoms with Gasteiger partial charge in [0.25, 0.3) is 0 Å². The summed E-state index contributed by atoms with van der Waals surface area (Å²) in [7, 11) is 0. The Morgan fingerprint density at radius 2 is 1.55 bits per heavy atom. The summed E-state index contributed by atoms with van der Waals surface area (Å²) in [5.41, 5.74) is 0.618. The van der Waals surface area contributed by atoms with Crippen LogP contribution in [0, 0.1) is 11.6 Å². The number of carboxylic acid groups (broad SMARTS) is 2. The molecule has 0 heterocycles. The monoisotopic (exact) mass is 464 g/mol. The molecule has 33 heavy (non-hydrogen) atoms. The molecule has 176 valence electrons. The average Bonchev–Trinajstić information content (AvgIpc) is 2.71. The van der Waals surface area contributed by atoms with Crippen molar-refractivity contribution >= 4 is 23.8 Å². The molecule has 2 amide bonds. The molecule has 0 aliphatic heterocycles. The third kappa shape index (κ3) is 8.56. The van der Waals surface area contributed by atoms with Crippen LogP contribution in [0.3, 0.4) is 0 Å². The number of nitrogens with one attached hydrogen (secondary N) is 2. The largest absolute Gasteiger partial charge is 0.482 e.